The highest BCUT2D eigenvalue weighted by Crippen LogP contribution is 2.29. The number of carboxylic acid groups (broad SMARTS) is 1. The quantitative estimate of drug-likeness (QED) is 0.766. The molecule has 0 bridgehead atoms. The molecule has 2 aliphatic rings. The van der Waals surface area contributed by atoms with Gasteiger partial charge in [0.05, 0.1) is 6.04 Å². The average molecular weight is 227 g/mol. The molecule has 0 spiro atoms. The van der Waals surface area contributed by atoms with Crippen molar-refractivity contribution in [2.45, 2.75) is 50.7 Å². The molecule has 1 aliphatic carbocycles. The van der Waals surface area contributed by atoms with Crippen LogP contribution in [0.5, 0.6) is 0 Å². The van der Waals surface area contributed by atoms with Crippen molar-refractivity contribution in [2.75, 3.05) is 0 Å². The van der Waals surface area contributed by atoms with Gasteiger partial charge in [0, 0.05) is 0 Å². The van der Waals surface area contributed by atoms with E-state index in [4.69, 9.17) is 9.84 Å². The molecule has 0 aromatic carbocycles. The first-order valence-electron chi connectivity index (χ1n) is 5.87. The maximum Gasteiger partial charge on any atom is 0.408 e. The fourth-order valence-corrected chi connectivity index (χ4v) is 2.65. The lowest BCUT2D eigenvalue weighted by molar-refractivity contribution is -0.146. The lowest BCUT2D eigenvalue weighted by Gasteiger charge is -2.24. The molecule has 1 amide bonds. The van der Waals surface area contributed by atoms with E-state index in [1.807, 2.05) is 0 Å². The Balaban J connectivity index is 1.91. The van der Waals surface area contributed by atoms with Crippen LogP contribution in [0.25, 0.3) is 0 Å². The van der Waals surface area contributed by atoms with Gasteiger partial charge in [-0.3, -0.25) is 0 Å². The van der Waals surface area contributed by atoms with Gasteiger partial charge >= 0.3 is 12.1 Å². The lowest BCUT2D eigenvalue weighted by Crippen LogP contribution is -2.38. The predicted octanol–water partition coefficient (Wildman–Crippen LogP) is 1.52. The van der Waals surface area contributed by atoms with Crippen LogP contribution >= 0.6 is 0 Å². The lowest BCUT2D eigenvalue weighted by atomic mass is 9.84. The van der Waals surface area contributed by atoms with Gasteiger partial charge in [0.1, 0.15) is 0 Å². The van der Waals surface area contributed by atoms with Gasteiger partial charge in [0.15, 0.2) is 0 Å². The van der Waals surface area contributed by atoms with Crippen LogP contribution in [-0.4, -0.2) is 29.3 Å². The van der Waals surface area contributed by atoms with Gasteiger partial charge in [-0.15, -0.1) is 0 Å². The molecule has 2 rings (SSSR count). The van der Waals surface area contributed by atoms with E-state index >= 15 is 0 Å². The largest absolute Gasteiger partial charge is 0.478 e. The van der Waals surface area contributed by atoms with E-state index in [9.17, 15) is 9.59 Å². The van der Waals surface area contributed by atoms with E-state index in [0.717, 1.165) is 19.3 Å². The number of carbonyl (C=O) groups is 2. The van der Waals surface area contributed by atoms with Gasteiger partial charge in [-0.25, -0.2) is 9.59 Å². The van der Waals surface area contributed by atoms with Crippen LogP contribution in [0, 0.1) is 5.92 Å². The summed E-state index contributed by atoms with van der Waals surface area (Å²) in [5.74, 6) is -0.526. The van der Waals surface area contributed by atoms with E-state index in [0.29, 0.717) is 5.92 Å². The Morgan fingerprint density at radius 2 is 2.06 bits per heavy atom. The standard InChI is InChI=1S/C11H17NO4/c13-10(14)9-8(12-11(15)16-9)6-7-4-2-1-3-5-7/h7-9H,1-6H2,(H,12,15)(H,13,14). The third-order valence-corrected chi connectivity index (χ3v) is 3.46. The zero-order valence-electron chi connectivity index (χ0n) is 9.15. The molecule has 1 heterocycles. The summed E-state index contributed by atoms with van der Waals surface area (Å²) in [6, 6.07) is -0.354. The third-order valence-electron chi connectivity index (χ3n) is 3.46. The van der Waals surface area contributed by atoms with Crippen LogP contribution in [0.1, 0.15) is 38.5 Å². The Kier molecular flexibility index (Phi) is 3.31. The zero-order valence-corrected chi connectivity index (χ0v) is 9.15. The predicted molar refractivity (Wildman–Crippen MR) is 56.0 cm³/mol. The summed E-state index contributed by atoms with van der Waals surface area (Å²) in [7, 11) is 0. The zero-order chi connectivity index (χ0) is 11.5. The fourth-order valence-electron chi connectivity index (χ4n) is 2.65. The highest BCUT2D eigenvalue weighted by Gasteiger charge is 2.40. The first-order valence-corrected chi connectivity index (χ1v) is 5.87. The summed E-state index contributed by atoms with van der Waals surface area (Å²) in [4.78, 5) is 21.9. The van der Waals surface area contributed by atoms with Crippen molar-refractivity contribution >= 4 is 12.1 Å². The van der Waals surface area contributed by atoms with Gasteiger partial charge < -0.3 is 15.2 Å². The Hall–Kier alpha value is -1.26. The molecule has 0 radical (unpaired) electrons. The molecule has 1 saturated heterocycles. The Morgan fingerprint density at radius 1 is 1.38 bits per heavy atom. The molecule has 2 atom stereocenters. The van der Waals surface area contributed by atoms with Gasteiger partial charge in [0.25, 0.3) is 0 Å². The fraction of sp³-hybridized carbons (Fsp3) is 0.818. The Labute approximate surface area is 94.2 Å². The molecule has 5 heteroatoms. The van der Waals surface area contributed by atoms with E-state index < -0.39 is 18.2 Å². The van der Waals surface area contributed by atoms with Gasteiger partial charge in [-0.2, -0.15) is 0 Å². The molecular weight excluding hydrogens is 210 g/mol. The second-order valence-corrected chi connectivity index (χ2v) is 4.65. The molecule has 16 heavy (non-hydrogen) atoms. The summed E-state index contributed by atoms with van der Waals surface area (Å²) in [6.45, 7) is 0. The number of alkyl carbamates (subject to hydrolysis) is 1. The first-order chi connectivity index (χ1) is 7.66. The maximum atomic E-state index is 11.0. The molecule has 1 aliphatic heterocycles. The normalized spacial score (nSPS) is 30.9. The van der Waals surface area contributed by atoms with E-state index in [1.165, 1.54) is 19.3 Å². The van der Waals surface area contributed by atoms with Crippen LogP contribution in [0.15, 0.2) is 0 Å². The highest BCUT2D eigenvalue weighted by atomic mass is 16.6. The van der Waals surface area contributed by atoms with Crippen molar-refractivity contribution in [3.05, 3.63) is 0 Å². The monoisotopic (exact) mass is 227 g/mol. The van der Waals surface area contributed by atoms with E-state index in [2.05, 4.69) is 5.32 Å². The number of cyclic esters (lactones) is 1. The van der Waals surface area contributed by atoms with Crippen molar-refractivity contribution < 1.29 is 19.4 Å². The molecular formula is C11H17NO4. The van der Waals surface area contributed by atoms with Gasteiger partial charge in [0.2, 0.25) is 6.10 Å². The summed E-state index contributed by atoms with van der Waals surface area (Å²) < 4.78 is 4.73. The number of amides is 1. The Bertz CT molecular complexity index is 286. The topological polar surface area (TPSA) is 75.6 Å². The number of nitrogens with one attached hydrogen (secondary N) is 1. The van der Waals surface area contributed by atoms with Gasteiger partial charge in [-0.05, 0) is 12.3 Å². The second-order valence-electron chi connectivity index (χ2n) is 4.65. The van der Waals surface area contributed by atoms with Crippen LogP contribution in [0.2, 0.25) is 0 Å². The molecule has 0 aromatic rings. The smallest absolute Gasteiger partial charge is 0.408 e. The number of hydrogen-bond acceptors (Lipinski definition) is 3. The van der Waals surface area contributed by atoms with E-state index in [1.54, 1.807) is 0 Å². The number of rotatable bonds is 3. The van der Waals surface area contributed by atoms with Crippen LogP contribution < -0.4 is 5.32 Å². The number of hydrogen-bond donors (Lipinski definition) is 2. The van der Waals surface area contributed by atoms with Gasteiger partial charge in [-0.1, -0.05) is 32.1 Å². The molecule has 2 N–H and O–H groups in total. The number of ether oxygens (including phenoxy) is 1. The van der Waals surface area contributed by atoms with Crippen molar-refractivity contribution in [1.82, 2.24) is 5.32 Å². The van der Waals surface area contributed by atoms with Crippen LogP contribution in [-0.2, 0) is 9.53 Å². The minimum Gasteiger partial charge on any atom is -0.478 e. The summed E-state index contributed by atoms with van der Waals surface area (Å²) in [6.07, 6.45) is 5.09. The summed E-state index contributed by atoms with van der Waals surface area (Å²) in [5, 5.41) is 11.5. The molecule has 0 aromatic heterocycles. The number of carbonyl (C=O) groups excluding carboxylic acids is 1. The van der Waals surface area contributed by atoms with Crippen molar-refractivity contribution in [2.24, 2.45) is 5.92 Å². The first kappa shape index (κ1) is 11.2. The van der Waals surface area contributed by atoms with Crippen molar-refractivity contribution in [1.29, 1.82) is 0 Å². The minimum atomic E-state index is -1.06. The molecule has 1 saturated carbocycles. The number of aliphatic carboxylic acids is 1. The average Bonchev–Trinajstić information content (AvgIpc) is 2.61. The van der Waals surface area contributed by atoms with Crippen molar-refractivity contribution in [3.63, 3.8) is 0 Å². The van der Waals surface area contributed by atoms with Crippen LogP contribution in [0.3, 0.4) is 0 Å². The maximum absolute atomic E-state index is 11.0. The molecule has 2 fully saturated rings. The summed E-state index contributed by atoms with van der Waals surface area (Å²) in [5.41, 5.74) is 0. The third kappa shape index (κ3) is 2.46. The SMILES string of the molecule is O=C1NC(CC2CCCCC2)C(C(=O)O)O1. The molecule has 2 unspecified atom stereocenters. The summed E-state index contributed by atoms with van der Waals surface area (Å²) >= 11 is 0. The van der Waals surface area contributed by atoms with Crippen LogP contribution in [0.4, 0.5) is 4.79 Å². The second kappa shape index (κ2) is 4.72. The highest BCUT2D eigenvalue weighted by molar-refractivity contribution is 5.82. The van der Waals surface area contributed by atoms with Crippen molar-refractivity contribution in [3.8, 4) is 0 Å². The number of carboxylic acids is 1. The molecule has 90 valence electrons. The minimum absolute atomic E-state index is 0.354. The Morgan fingerprint density at radius 3 is 2.69 bits per heavy atom. The van der Waals surface area contributed by atoms with E-state index in [-0.39, 0.29) is 6.04 Å². The molecule has 5 nitrogen and oxygen atoms in total.